The molecule has 1 aliphatic carbocycles. The zero-order chi connectivity index (χ0) is 24.0. The molecule has 0 saturated heterocycles. The molecule has 0 bridgehead atoms. The molecule has 1 amide bonds. The molecule has 8 nitrogen and oxygen atoms in total. The van der Waals surface area contributed by atoms with Crippen LogP contribution < -0.4 is 10.1 Å². The minimum absolute atomic E-state index is 0.0144. The van der Waals surface area contributed by atoms with Gasteiger partial charge in [-0.25, -0.2) is 14.2 Å². The number of carbonyl (C=O) groups is 1. The molecule has 11 heteroatoms. The average molecular weight is 470 g/mol. The maximum absolute atomic E-state index is 13.6. The largest absolute Gasteiger partial charge is 0.471 e. The first kappa shape index (κ1) is 21.9. The molecule has 5 rings (SSSR count). The Balaban J connectivity index is 1.31. The summed E-state index contributed by atoms with van der Waals surface area (Å²) in [5.74, 6) is 0.0754. The summed E-state index contributed by atoms with van der Waals surface area (Å²) in [5.41, 5.74) is 1.71. The summed E-state index contributed by atoms with van der Waals surface area (Å²) >= 11 is 0. The van der Waals surface area contributed by atoms with Crippen LogP contribution in [0.3, 0.4) is 0 Å². The summed E-state index contributed by atoms with van der Waals surface area (Å²) in [5, 5.41) is 10.6. The lowest BCUT2D eigenvalue weighted by Crippen LogP contribution is -2.16. The molecule has 0 spiro atoms. The van der Waals surface area contributed by atoms with Crippen molar-refractivity contribution in [3.63, 3.8) is 0 Å². The Morgan fingerprint density at radius 1 is 1.21 bits per heavy atom. The summed E-state index contributed by atoms with van der Waals surface area (Å²) in [6.45, 7) is 4.06. The molecule has 34 heavy (non-hydrogen) atoms. The number of alkyl halides is 3. The van der Waals surface area contributed by atoms with Gasteiger partial charge in [-0.3, -0.25) is 4.79 Å². The molecule has 3 heterocycles. The monoisotopic (exact) mass is 470 g/mol. The topological polar surface area (TPSA) is 86.3 Å². The molecule has 0 aliphatic heterocycles. The molecule has 1 saturated carbocycles. The van der Waals surface area contributed by atoms with Gasteiger partial charge in [0.1, 0.15) is 11.4 Å². The number of nitrogens with one attached hydrogen (secondary N) is 1. The quantitative estimate of drug-likeness (QED) is 0.440. The van der Waals surface area contributed by atoms with Crippen molar-refractivity contribution >= 4 is 17.2 Å². The molecule has 1 aliphatic rings. The van der Waals surface area contributed by atoms with Gasteiger partial charge in [-0.1, -0.05) is 17.7 Å². The summed E-state index contributed by atoms with van der Waals surface area (Å²) in [6.07, 6.45) is -0.0364. The van der Waals surface area contributed by atoms with Gasteiger partial charge in [0, 0.05) is 17.7 Å². The molecule has 0 radical (unpaired) electrons. The number of anilines is 1. The summed E-state index contributed by atoms with van der Waals surface area (Å²) < 4.78 is 48.6. The number of carbonyl (C=O) groups excluding carboxylic acids is 1. The van der Waals surface area contributed by atoms with Crippen molar-refractivity contribution in [1.29, 1.82) is 0 Å². The zero-order valence-electron chi connectivity index (χ0n) is 18.4. The Hall–Kier alpha value is -3.89. The number of hydrogen-bond acceptors (Lipinski definition) is 5. The van der Waals surface area contributed by atoms with E-state index >= 15 is 0 Å². The third kappa shape index (κ3) is 4.45. The molecule has 1 aromatic carbocycles. The van der Waals surface area contributed by atoms with Crippen LogP contribution >= 0.6 is 0 Å². The van der Waals surface area contributed by atoms with Crippen molar-refractivity contribution in [2.24, 2.45) is 0 Å². The molecule has 1 fully saturated rings. The second kappa shape index (κ2) is 8.15. The number of aryl methyl sites for hydroxylation is 2. The Bertz CT molecular complexity index is 1390. The molecule has 3 aromatic heterocycles. The molecule has 0 atom stereocenters. The number of amides is 1. The highest BCUT2D eigenvalue weighted by Gasteiger charge is 2.37. The molecular formula is C23H21F3N6O2. The predicted octanol–water partition coefficient (Wildman–Crippen LogP) is 4.73. The maximum Gasteiger partial charge on any atom is 0.433 e. The normalized spacial score (nSPS) is 13.9. The van der Waals surface area contributed by atoms with Crippen molar-refractivity contribution < 1.29 is 22.7 Å². The van der Waals surface area contributed by atoms with Gasteiger partial charge < -0.3 is 10.1 Å². The fourth-order valence-corrected chi connectivity index (χ4v) is 3.69. The van der Waals surface area contributed by atoms with Crippen LogP contribution in [-0.4, -0.2) is 30.3 Å². The fourth-order valence-electron chi connectivity index (χ4n) is 3.69. The van der Waals surface area contributed by atoms with Crippen LogP contribution in [0.25, 0.3) is 5.65 Å². The Morgan fingerprint density at radius 3 is 2.71 bits per heavy atom. The molecule has 1 N–H and O–H groups in total. The Kier molecular flexibility index (Phi) is 5.26. The number of aromatic nitrogens is 5. The summed E-state index contributed by atoms with van der Waals surface area (Å²) in [7, 11) is 0. The van der Waals surface area contributed by atoms with Gasteiger partial charge in [-0.05, 0) is 44.4 Å². The number of fused-ring (bicyclic) bond motifs is 1. The van der Waals surface area contributed by atoms with Crippen LogP contribution in [0.15, 0.2) is 42.7 Å². The van der Waals surface area contributed by atoms with Gasteiger partial charge in [-0.15, -0.1) is 0 Å². The highest BCUT2D eigenvalue weighted by molar-refractivity contribution is 6.03. The first-order chi connectivity index (χ1) is 16.2. The van der Waals surface area contributed by atoms with Gasteiger partial charge in [0.25, 0.3) is 5.91 Å². The Labute approximate surface area is 192 Å². The number of ether oxygens (including phenoxy) is 1. The number of hydrogen-bond donors (Lipinski definition) is 1. The van der Waals surface area contributed by atoms with E-state index in [1.54, 1.807) is 6.20 Å². The third-order valence-corrected chi connectivity index (χ3v) is 5.54. The van der Waals surface area contributed by atoms with Crippen LogP contribution in [0.2, 0.25) is 0 Å². The highest BCUT2D eigenvalue weighted by atomic mass is 19.4. The van der Waals surface area contributed by atoms with Crippen molar-refractivity contribution in [2.75, 3.05) is 5.32 Å². The molecule has 176 valence electrons. The number of nitrogens with zero attached hydrogens (tertiary/aromatic N) is 5. The smallest absolute Gasteiger partial charge is 0.433 e. The van der Waals surface area contributed by atoms with E-state index in [4.69, 9.17) is 4.74 Å². The standard InChI is InChI=1S/C23H21F3N6O2/c1-13-3-6-19(14(2)7-13)34-12-31-11-16(10-27-31)28-22(33)18-9-21-29-17(15-4-5-15)8-20(23(24,25)26)32(21)30-18/h3,6-11,15H,4-5,12H2,1-2H3,(H,28,33). The SMILES string of the molecule is Cc1ccc(OCn2cc(NC(=O)c3cc4nc(C5CC5)cc(C(F)(F)F)n4n3)cn2)c(C)c1. The van der Waals surface area contributed by atoms with Crippen LogP contribution in [0.5, 0.6) is 5.75 Å². The van der Waals surface area contributed by atoms with Crippen LogP contribution in [0.1, 0.15) is 51.8 Å². The van der Waals surface area contributed by atoms with E-state index < -0.39 is 17.8 Å². The first-order valence-corrected chi connectivity index (χ1v) is 10.7. The van der Waals surface area contributed by atoms with E-state index in [1.807, 2.05) is 32.0 Å². The van der Waals surface area contributed by atoms with E-state index in [0.29, 0.717) is 15.9 Å². The van der Waals surface area contributed by atoms with Gasteiger partial charge in [0.15, 0.2) is 18.1 Å². The first-order valence-electron chi connectivity index (χ1n) is 10.7. The van der Waals surface area contributed by atoms with E-state index in [1.165, 1.54) is 16.9 Å². The van der Waals surface area contributed by atoms with Crippen LogP contribution in [0.4, 0.5) is 18.9 Å². The van der Waals surface area contributed by atoms with E-state index in [0.717, 1.165) is 35.8 Å². The lowest BCUT2D eigenvalue weighted by atomic mass is 10.1. The second-order valence-corrected chi connectivity index (χ2v) is 8.40. The minimum Gasteiger partial charge on any atom is -0.471 e. The zero-order valence-corrected chi connectivity index (χ0v) is 18.4. The maximum atomic E-state index is 13.6. The average Bonchev–Trinajstić information content (AvgIpc) is 3.38. The fraction of sp³-hybridized carbons (Fsp3) is 0.304. The Morgan fingerprint density at radius 2 is 2.00 bits per heavy atom. The van der Waals surface area contributed by atoms with Gasteiger partial charge >= 0.3 is 6.18 Å². The van der Waals surface area contributed by atoms with Gasteiger partial charge in [0.05, 0.1) is 18.1 Å². The van der Waals surface area contributed by atoms with Crippen molar-refractivity contribution in [2.45, 2.75) is 45.5 Å². The van der Waals surface area contributed by atoms with Crippen molar-refractivity contribution in [3.8, 4) is 5.75 Å². The molecular weight excluding hydrogens is 449 g/mol. The van der Waals surface area contributed by atoms with Crippen molar-refractivity contribution in [3.05, 3.63) is 70.9 Å². The van der Waals surface area contributed by atoms with Crippen LogP contribution in [-0.2, 0) is 12.9 Å². The molecule has 4 aromatic rings. The second-order valence-electron chi connectivity index (χ2n) is 8.40. The summed E-state index contributed by atoms with van der Waals surface area (Å²) in [4.78, 5) is 17.0. The lowest BCUT2D eigenvalue weighted by Gasteiger charge is -2.10. The van der Waals surface area contributed by atoms with Gasteiger partial charge in [0.2, 0.25) is 0 Å². The van der Waals surface area contributed by atoms with E-state index in [9.17, 15) is 18.0 Å². The van der Waals surface area contributed by atoms with E-state index in [-0.39, 0.29) is 24.0 Å². The number of halogens is 3. The highest BCUT2D eigenvalue weighted by Crippen LogP contribution is 2.41. The lowest BCUT2D eigenvalue weighted by molar-refractivity contribution is -0.142. The number of rotatable bonds is 6. The van der Waals surface area contributed by atoms with Crippen molar-refractivity contribution in [1.82, 2.24) is 24.4 Å². The van der Waals surface area contributed by atoms with Gasteiger partial charge in [-0.2, -0.15) is 23.4 Å². The third-order valence-electron chi connectivity index (χ3n) is 5.54. The summed E-state index contributed by atoms with van der Waals surface area (Å²) in [6, 6.07) is 8.09. The van der Waals surface area contributed by atoms with E-state index in [2.05, 4.69) is 20.5 Å². The number of benzene rings is 1. The molecule has 0 unspecified atom stereocenters. The van der Waals surface area contributed by atoms with Crippen LogP contribution in [0, 0.1) is 13.8 Å². The minimum atomic E-state index is -4.62. The predicted molar refractivity (Wildman–Crippen MR) is 117 cm³/mol.